The minimum atomic E-state index is -0.348. The molecule has 3 aromatic rings. The molecule has 1 aromatic heterocycles. The lowest BCUT2D eigenvalue weighted by Crippen LogP contribution is -2.16. The Bertz CT molecular complexity index is 1010. The van der Waals surface area contributed by atoms with E-state index in [0.717, 1.165) is 16.0 Å². The summed E-state index contributed by atoms with van der Waals surface area (Å²) in [5.74, 6) is 1.54. The van der Waals surface area contributed by atoms with Gasteiger partial charge in [-0.15, -0.1) is 0 Å². The van der Waals surface area contributed by atoms with E-state index in [9.17, 15) is 4.79 Å². The van der Waals surface area contributed by atoms with Gasteiger partial charge in [0.1, 0.15) is 22.8 Å². The molecule has 0 aliphatic heterocycles. The number of fused-ring (bicyclic) bond motifs is 1. The quantitative estimate of drug-likeness (QED) is 0.645. The van der Waals surface area contributed by atoms with E-state index in [1.807, 2.05) is 36.6 Å². The smallest absolute Gasteiger partial charge is 0.279 e. The van der Waals surface area contributed by atoms with Crippen molar-refractivity contribution in [3.8, 4) is 17.2 Å². The van der Waals surface area contributed by atoms with Crippen LogP contribution >= 0.6 is 11.3 Å². The van der Waals surface area contributed by atoms with Crippen molar-refractivity contribution in [1.29, 1.82) is 0 Å². The molecule has 0 aliphatic rings. The summed E-state index contributed by atoms with van der Waals surface area (Å²) in [6.45, 7) is 5.23. The van der Waals surface area contributed by atoms with E-state index >= 15 is 0 Å². The summed E-state index contributed by atoms with van der Waals surface area (Å²) in [5.41, 5.74) is 1.37. The number of carbonyl (C=O) groups is 1. The number of hydrogen-bond donors (Lipinski definition) is 0. The number of amides is 1. The van der Waals surface area contributed by atoms with Crippen LogP contribution in [0.4, 0.5) is 0 Å². The van der Waals surface area contributed by atoms with E-state index < -0.39 is 0 Å². The van der Waals surface area contributed by atoms with Crippen LogP contribution in [0, 0.1) is 0 Å². The standard InChI is InChI=1S/C20H22N2O4S/c1-5-22-18-16(26-6-2)8-7-9-17(18)27-20(22)21-19(23)13-10-14(24-3)12-15(11-13)25-4/h7-12H,5-6H2,1-4H3. The van der Waals surface area contributed by atoms with Gasteiger partial charge >= 0.3 is 0 Å². The largest absolute Gasteiger partial charge is 0.497 e. The Labute approximate surface area is 161 Å². The molecule has 0 atom stereocenters. The molecule has 0 radical (unpaired) electrons. The van der Waals surface area contributed by atoms with Crippen LogP contribution in [0.2, 0.25) is 0 Å². The molecule has 0 N–H and O–H groups in total. The first-order chi connectivity index (χ1) is 13.1. The number of hydrogen-bond acceptors (Lipinski definition) is 5. The van der Waals surface area contributed by atoms with Gasteiger partial charge in [-0.1, -0.05) is 17.4 Å². The second-order valence-electron chi connectivity index (χ2n) is 5.68. The highest BCUT2D eigenvalue weighted by Gasteiger charge is 2.13. The first-order valence-electron chi connectivity index (χ1n) is 8.68. The lowest BCUT2D eigenvalue weighted by Gasteiger charge is -2.08. The van der Waals surface area contributed by atoms with Crippen molar-refractivity contribution >= 4 is 27.5 Å². The van der Waals surface area contributed by atoms with Crippen molar-refractivity contribution in [3.05, 3.63) is 46.8 Å². The molecule has 0 spiro atoms. The number of aryl methyl sites for hydroxylation is 1. The predicted molar refractivity (Wildman–Crippen MR) is 106 cm³/mol. The predicted octanol–water partition coefficient (Wildman–Crippen LogP) is 3.88. The summed E-state index contributed by atoms with van der Waals surface area (Å²) in [6.07, 6.45) is 0. The molecule has 1 amide bonds. The van der Waals surface area contributed by atoms with Crippen LogP contribution in [-0.2, 0) is 6.54 Å². The average molecular weight is 386 g/mol. The van der Waals surface area contributed by atoms with Gasteiger partial charge in [0.25, 0.3) is 5.91 Å². The molecule has 27 heavy (non-hydrogen) atoms. The molecule has 0 aliphatic carbocycles. The Morgan fingerprint density at radius 1 is 1.11 bits per heavy atom. The van der Waals surface area contributed by atoms with Gasteiger partial charge < -0.3 is 18.8 Å². The molecule has 2 aromatic carbocycles. The van der Waals surface area contributed by atoms with E-state index in [2.05, 4.69) is 4.99 Å². The molecule has 1 heterocycles. The highest BCUT2D eigenvalue weighted by Crippen LogP contribution is 2.28. The molecule has 0 bridgehead atoms. The van der Waals surface area contributed by atoms with Crippen molar-refractivity contribution in [1.82, 2.24) is 4.57 Å². The molecule has 0 fully saturated rings. The van der Waals surface area contributed by atoms with Gasteiger partial charge in [0.15, 0.2) is 4.80 Å². The second kappa shape index (κ2) is 8.26. The fraction of sp³-hybridized carbons (Fsp3) is 0.300. The second-order valence-corrected chi connectivity index (χ2v) is 6.69. The molecule has 7 heteroatoms. The van der Waals surface area contributed by atoms with Gasteiger partial charge in [-0.2, -0.15) is 4.99 Å². The Hall–Kier alpha value is -2.80. The third-order valence-electron chi connectivity index (χ3n) is 4.08. The van der Waals surface area contributed by atoms with E-state index in [1.54, 1.807) is 32.4 Å². The number of para-hydroxylation sites is 1. The highest BCUT2D eigenvalue weighted by atomic mass is 32.1. The van der Waals surface area contributed by atoms with E-state index in [1.165, 1.54) is 11.3 Å². The lowest BCUT2D eigenvalue weighted by atomic mass is 10.2. The first-order valence-corrected chi connectivity index (χ1v) is 9.50. The molecule has 0 saturated carbocycles. The highest BCUT2D eigenvalue weighted by molar-refractivity contribution is 7.16. The average Bonchev–Trinajstić information content (AvgIpc) is 3.05. The number of benzene rings is 2. The summed E-state index contributed by atoms with van der Waals surface area (Å²) in [5, 5.41) is 0. The van der Waals surface area contributed by atoms with Crippen LogP contribution in [0.1, 0.15) is 24.2 Å². The van der Waals surface area contributed by atoms with Crippen molar-refractivity contribution in [2.75, 3.05) is 20.8 Å². The van der Waals surface area contributed by atoms with Crippen molar-refractivity contribution in [2.24, 2.45) is 4.99 Å². The molecule has 6 nitrogen and oxygen atoms in total. The molecule has 0 saturated heterocycles. The fourth-order valence-electron chi connectivity index (χ4n) is 2.83. The Balaban J connectivity index is 2.13. The van der Waals surface area contributed by atoms with Gasteiger partial charge in [-0.3, -0.25) is 4.79 Å². The Morgan fingerprint density at radius 2 is 1.81 bits per heavy atom. The van der Waals surface area contributed by atoms with Crippen molar-refractivity contribution in [2.45, 2.75) is 20.4 Å². The third kappa shape index (κ3) is 3.83. The zero-order chi connectivity index (χ0) is 19.4. The number of ether oxygens (including phenoxy) is 3. The maximum Gasteiger partial charge on any atom is 0.279 e. The van der Waals surface area contributed by atoms with Crippen molar-refractivity contribution < 1.29 is 19.0 Å². The van der Waals surface area contributed by atoms with Gasteiger partial charge in [0, 0.05) is 18.2 Å². The number of aromatic nitrogens is 1. The number of rotatable bonds is 6. The molecular weight excluding hydrogens is 364 g/mol. The summed E-state index contributed by atoms with van der Waals surface area (Å²) in [7, 11) is 3.10. The van der Waals surface area contributed by atoms with Crippen LogP contribution in [0.15, 0.2) is 41.4 Å². The van der Waals surface area contributed by atoms with Gasteiger partial charge in [0.2, 0.25) is 0 Å². The Morgan fingerprint density at radius 3 is 2.41 bits per heavy atom. The van der Waals surface area contributed by atoms with E-state index in [0.29, 0.717) is 35.0 Å². The Kier molecular flexibility index (Phi) is 5.81. The maximum atomic E-state index is 12.8. The minimum absolute atomic E-state index is 0.348. The van der Waals surface area contributed by atoms with E-state index in [4.69, 9.17) is 14.2 Å². The summed E-state index contributed by atoms with van der Waals surface area (Å²) >= 11 is 1.46. The summed E-state index contributed by atoms with van der Waals surface area (Å²) in [6, 6.07) is 10.9. The molecule has 3 rings (SSSR count). The topological polar surface area (TPSA) is 62.1 Å². The molecular formula is C20H22N2O4S. The zero-order valence-electron chi connectivity index (χ0n) is 15.8. The monoisotopic (exact) mass is 386 g/mol. The van der Waals surface area contributed by atoms with Crippen LogP contribution < -0.4 is 19.0 Å². The maximum absolute atomic E-state index is 12.8. The SMILES string of the molecule is CCOc1cccc2sc(=NC(=O)c3cc(OC)cc(OC)c3)n(CC)c12. The summed E-state index contributed by atoms with van der Waals surface area (Å²) < 4.78 is 19.3. The van der Waals surface area contributed by atoms with Crippen LogP contribution in [0.5, 0.6) is 17.2 Å². The van der Waals surface area contributed by atoms with Gasteiger partial charge in [0.05, 0.1) is 25.5 Å². The molecule has 0 unspecified atom stereocenters. The molecule has 142 valence electrons. The van der Waals surface area contributed by atoms with Gasteiger partial charge in [-0.05, 0) is 38.1 Å². The number of carbonyl (C=O) groups excluding carboxylic acids is 1. The zero-order valence-corrected chi connectivity index (χ0v) is 16.6. The minimum Gasteiger partial charge on any atom is -0.497 e. The van der Waals surface area contributed by atoms with Crippen molar-refractivity contribution in [3.63, 3.8) is 0 Å². The van der Waals surface area contributed by atoms with Crippen LogP contribution in [-0.4, -0.2) is 31.3 Å². The fourth-order valence-corrected chi connectivity index (χ4v) is 3.94. The van der Waals surface area contributed by atoms with Gasteiger partial charge in [-0.25, -0.2) is 0 Å². The number of methoxy groups -OCH3 is 2. The van der Waals surface area contributed by atoms with Crippen LogP contribution in [0.3, 0.4) is 0 Å². The van der Waals surface area contributed by atoms with E-state index in [-0.39, 0.29) is 5.91 Å². The third-order valence-corrected chi connectivity index (χ3v) is 5.12. The normalized spacial score (nSPS) is 11.6. The number of thiazole rings is 1. The van der Waals surface area contributed by atoms with Crippen LogP contribution in [0.25, 0.3) is 10.2 Å². The summed E-state index contributed by atoms with van der Waals surface area (Å²) in [4.78, 5) is 17.8. The first kappa shape index (κ1) is 19.0. The lowest BCUT2D eigenvalue weighted by molar-refractivity contribution is 0.0997. The number of nitrogens with zero attached hydrogens (tertiary/aromatic N) is 2.